The van der Waals surface area contributed by atoms with Gasteiger partial charge in [-0.1, -0.05) is 0 Å². The van der Waals surface area contributed by atoms with E-state index in [1.807, 2.05) is 0 Å². The first-order valence-electron chi connectivity index (χ1n) is 4.24. The summed E-state index contributed by atoms with van der Waals surface area (Å²) in [6.07, 6.45) is 1.98. The van der Waals surface area contributed by atoms with Gasteiger partial charge in [0.15, 0.2) is 12.8 Å². The van der Waals surface area contributed by atoms with Crippen molar-refractivity contribution in [2.75, 3.05) is 19.8 Å². The van der Waals surface area contributed by atoms with Crippen LogP contribution < -0.4 is 16.3 Å². The molecule has 0 aliphatic carbocycles. The zero-order chi connectivity index (χ0) is 9.03. The number of piperidine rings is 1. The fraction of sp³-hybridized carbons (Fsp3) is 0.857. The van der Waals surface area contributed by atoms with Crippen LogP contribution in [-0.4, -0.2) is 30.4 Å². The number of amides is 1. The van der Waals surface area contributed by atoms with Gasteiger partial charge in [0.1, 0.15) is 13.1 Å². The Morgan fingerprint density at radius 3 is 2.42 bits per heavy atom. The Morgan fingerprint density at radius 1 is 1.42 bits per heavy atom. The summed E-state index contributed by atoms with van der Waals surface area (Å²) in [6, 6.07) is 0. The van der Waals surface area contributed by atoms with Crippen molar-refractivity contribution in [1.29, 1.82) is 0 Å². The van der Waals surface area contributed by atoms with Crippen molar-refractivity contribution in [1.82, 2.24) is 5.43 Å². The molecule has 12 heavy (non-hydrogen) atoms. The van der Waals surface area contributed by atoms with Crippen LogP contribution in [0.15, 0.2) is 0 Å². The Bertz CT molecular complexity index is 166. The molecule has 1 rings (SSSR count). The van der Waals surface area contributed by atoms with Gasteiger partial charge in [-0.25, -0.2) is 10.0 Å². The minimum absolute atomic E-state index is 0.266. The standard InChI is InChI=1S/C7H15N3O2/c8-6-10(9-7(11)12)4-2-1-3-5-10/h9H,1-6,8H2. The number of quaternary nitrogens is 1. The number of likely N-dealkylation sites (tertiary alicyclic amines) is 1. The van der Waals surface area contributed by atoms with Gasteiger partial charge in [-0.3, -0.25) is 5.73 Å². The van der Waals surface area contributed by atoms with E-state index < -0.39 is 6.09 Å². The minimum Gasteiger partial charge on any atom is -0.526 e. The summed E-state index contributed by atoms with van der Waals surface area (Å²) >= 11 is 0. The highest BCUT2D eigenvalue weighted by molar-refractivity contribution is 5.60. The number of nitrogens with zero attached hydrogens (tertiary/aromatic N) is 1. The molecule has 0 unspecified atom stereocenters. The molecule has 0 saturated carbocycles. The van der Waals surface area contributed by atoms with Crippen LogP contribution in [-0.2, 0) is 0 Å². The van der Waals surface area contributed by atoms with Crippen molar-refractivity contribution in [2.45, 2.75) is 19.3 Å². The summed E-state index contributed by atoms with van der Waals surface area (Å²) < 4.78 is 0.266. The maximum Gasteiger partial charge on any atom is 0.185 e. The number of nitrogens with two attached hydrogens (primary N) is 1. The maximum atomic E-state index is 10.3. The molecule has 0 aromatic rings. The molecule has 70 valence electrons. The van der Waals surface area contributed by atoms with E-state index in [4.69, 9.17) is 5.73 Å². The highest BCUT2D eigenvalue weighted by Crippen LogP contribution is 2.13. The lowest BCUT2D eigenvalue weighted by molar-refractivity contribution is -0.967. The van der Waals surface area contributed by atoms with Gasteiger partial charge in [-0.2, -0.15) is 0 Å². The molecule has 1 aliphatic rings. The van der Waals surface area contributed by atoms with Crippen LogP contribution in [0.25, 0.3) is 0 Å². The van der Waals surface area contributed by atoms with Gasteiger partial charge in [0.25, 0.3) is 0 Å². The summed E-state index contributed by atoms with van der Waals surface area (Å²) in [4.78, 5) is 10.3. The quantitative estimate of drug-likeness (QED) is 0.512. The van der Waals surface area contributed by atoms with Crippen LogP contribution in [0.5, 0.6) is 0 Å². The average Bonchev–Trinajstić information content (AvgIpc) is 2.05. The van der Waals surface area contributed by atoms with Gasteiger partial charge in [-0.05, 0) is 19.3 Å². The second-order valence-electron chi connectivity index (χ2n) is 3.23. The molecule has 0 bridgehead atoms. The molecule has 0 spiro atoms. The second-order valence-corrected chi connectivity index (χ2v) is 3.23. The van der Waals surface area contributed by atoms with Crippen LogP contribution >= 0.6 is 0 Å². The molecule has 0 aromatic heterocycles. The van der Waals surface area contributed by atoms with Crippen molar-refractivity contribution >= 4 is 6.09 Å². The number of carbonyl (C=O) groups is 1. The van der Waals surface area contributed by atoms with Crippen LogP contribution in [0.2, 0.25) is 0 Å². The Morgan fingerprint density at radius 2 is 2.00 bits per heavy atom. The zero-order valence-corrected chi connectivity index (χ0v) is 7.08. The average molecular weight is 173 g/mol. The van der Waals surface area contributed by atoms with E-state index in [0.717, 1.165) is 32.4 Å². The Hall–Kier alpha value is -0.810. The highest BCUT2D eigenvalue weighted by Gasteiger charge is 2.28. The normalized spacial score (nSPS) is 21.8. The number of hydrogen-bond acceptors (Lipinski definition) is 3. The highest BCUT2D eigenvalue weighted by atomic mass is 16.4. The van der Waals surface area contributed by atoms with E-state index in [1.54, 1.807) is 0 Å². The third-order valence-electron chi connectivity index (χ3n) is 2.35. The molecule has 5 heteroatoms. The Kier molecular flexibility index (Phi) is 2.88. The van der Waals surface area contributed by atoms with Gasteiger partial charge in [-0.15, -0.1) is 0 Å². The molecule has 0 atom stereocenters. The van der Waals surface area contributed by atoms with Crippen LogP contribution in [0.3, 0.4) is 0 Å². The summed E-state index contributed by atoms with van der Waals surface area (Å²) in [5, 5.41) is 10.3. The molecule has 3 N–H and O–H groups in total. The molecular weight excluding hydrogens is 158 g/mol. The van der Waals surface area contributed by atoms with Crippen LogP contribution in [0.4, 0.5) is 4.79 Å². The number of hydrogen-bond donors (Lipinski definition) is 2. The van der Waals surface area contributed by atoms with Gasteiger partial charge < -0.3 is 9.90 Å². The van der Waals surface area contributed by atoms with Crippen molar-refractivity contribution in [3.05, 3.63) is 0 Å². The van der Waals surface area contributed by atoms with Crippen LogP contribution in [0, 0.1) is 0 Å². The largest absolute Gasteiger partial charge is 0.526 e. The van der Waals surface area contributed by atoms with E-state index in [2.05, 4.69) is 5.43 Å². The SMILES string of the molecule is NC[N+]1(NC(=O)[O-])CCCCC1. The van der Waals surface area contributed by atoms with E-state index >= 15 is 0 Å². The second kappa shape index (κ2) is 3.73. The fourth-order valence-electron chi connectivity index (χ4n) is 1.65. The number of nitrogens with one attached hydrogen (secondary N) is 1. The Labute approximate surface area is 71.7 Å². The predicted molar refractivity (Wildman–Crippen MR) is 41.4 cm³/mol. The van der Waals surface area contributed by atoms with E-state index in [9.17, 15) is 9.90 Å². The first-order valence-corrected chi connectivity index (χ1v) is 4.24. The smallest absolute Gasteiger partial charge is 0.185 e. The summed E-state index contributed by atoms with van der Waals surface area (Å²) in [5.74, 6) is 0. The van der Waals surface area contributed by atoms with Gasteiger partial charge in [0, 0.05) is 0 Å². The topological polar surface area (TPSA) is 78.2 Å². The molecule has 1 amide bonds. The first-order chi connectivity index (χ1) is 5.68. The summed E-state index contributed by atoms with van der Waals surface area (Å²) in [6.45, 7) is 1.88. The lowest BCUT2D eigenvalue weighted by Crippen LogP contribution is -2.66. The third-order valence-corrected chi connectivity index (χ3v) is 2.35. The van der Waals surface area contributed by atoms with E-state index in [-0.39, 0.29) is 4.59 Å². The molecule has 5 nitrogen and oxygen atoms in total. The molecule has 1 heterocycles. The molecule has 1 saturated heterocycles. The van der Waals surface area contributed by atoms with E-state index in [1.165, 1.54) is 0 Å². The summed E-state index contributed by atoms with van der Waals surface area (Å²) in [5.41, 5.74) is 7.87. The number of carboxylic acid groups (broad SMARTS) is 1. The molecule has 0 radical (unpaired) electrons. The molecule has 1 aliphatic heterocycles. The maximum absolute atomic E-state index is 10.3. The molecular formula is C7H15N3O2. The monoisotopic (exact) mass is 173 g/mol. The van der Waals surface area contributed by atoms with Crippen molar-refractivity contribution in [3.63, 3.8) is 0 Å². The van der Waals surface area contributed by atoms with Gasteiger partial charge in [0.2, 0.25) is 0 Å². The molecule has 1 fully saturated rings. The number of carbonyl (C=O) groups excluding carboxylic acids is 1. The molecule has 0 aromatic carbocycles. The fourth-order valence-corrected chi connectivity index (χ4v) is 1.65. The van der Waals surface area contributed by atoms with Crippen molar-refractivity contribution in [3.8, 4) is 0 Å². The van der Waals surface area contributed by atoms with Gasteiger partial charge in [0.05, 0.1) is 0 Å². The number of rotatable bonds is 2. The summed E-state index contributed by atoms with van der Waals surface area (Å²) in [7, 11) is 0. The van der Waals surface area contributed by atoms with Gasteiger partial charge >= 0.3 is 0 Å². The lowest BCUT2D eigenvalue weighted by Gasteiger charge is -2.39. The predicted octanol–water partition coefficient (Wildman–Crippen LogP) is -1.25. The van der Waals surface area contributed by atoms with Crippen molar-refractivity contribution in [2.24, 2.45) is 5.73 Å². The van der Waals surface area contributed by atoms with Crippen molar-refractivity contribution < 1.29 is 14.5 Å². The van der Waals surface area contributed by atoms with E-state index in [0.29, 0.717) is 6.67 Å². The first kappa shape index (κ1) is 9.28. The Balaban J connectivity index is 2.53. The minimum atomic E-state index is -1.23. The zero-order valence-electron chi connectivity index (χ0n) is 7.08. The lowest BCUT2D eigenvalue weighted by atomic mass is 10.1. The van der Waals surface area contributed by atoms with Crippen LogP contribution in [0.1, 0.15) is 19.3 Å². The third kappa shape index (κ3) is 2.09.